The zero-order valence-electron chi connectivity index (χ0n) is 16.0. The number of aryl methyl sites for hydroxylation is 1. The third-order valence-electron chi connectivity index (χ3n) is 5.21. The van der Waals surface area contributed by atoms with Gasteiger partial charge in [0, 0.05) is 44.6 Å². The predicted octanol–water partition coefficient (Wildman–Crippen LogP) is 2.32. The van der Waals surface area contributed by atoms with Crippen LogP contribution in [-0.4, -0.2) is 55.0 Å². The molecular formula is C21H25N3O3. The van der Waals surface area contributed by atoms with Crippen molar-refractivity contribution >= 4 is 23.2 Å². The average molecular weight is 367 g/mol. The molecule has 6 heteroatoms. The third-order valence-corrected chi connectivity index (χ3v) is 5.21. The quantitative estimate of drug-likeness (QED) is 0.828. The number of hydrogen-bond acceptors (Lipinski definition) is 4. The number of aromatic hydroxyl groups is 1. The second-order valence-electron chi connectivity index (χ2n) is 6.88. The van der Waals surface area contributed by atoms with Gasteiger partial charge < -0.3 is 19.8 Å². The molecule has 1 fully saturated rings. The Hall–Kier alpha value is -3.02. The van der Waals surface area contributed by atoms with E-state index in [4.69, 9.17) is 0 Å². The maximum absolute atomic E-state index is 12.6. The molecule has 2 aromatic carbocycles. The van der Waals surface area contributed by atoms with E-state index in [-0.39, 0.29) is 5.75 Å². The van der Waals surface area contributed by atoms with E-state index in [1.165, 1.54) is 33.8 Å². The van der Waals surface area contributed by atoms with Gasteiger partial charge >= 0.3 is 11.8 Å². The van der Waals surface area contributed by atoms with Gasteiger partial charge in [-0.25, -0.2) is 0 Å². The van der Waals surface area contributed by atoms with Crippen LogP contribution in [0, 0.1) is 13.8 Å². The van der Waals surface area contributed by atoms with E-state index >= 15 is 0 Å². The number of likely N-dealkylation sites (N-methyl/N-ethyl adjacent to an activating group) is 1. The Morgan fingerprint density at radius 3 is 2.22 bits per heavy atom. The molecule has 0 unspecified atom stereocenters. The fourth-order valence-electron chi connectivity index (χ4n) is 3.30. The summed E-state index contributed by atoms with van der Waals surface area (Å²) in [6.07, 6.45) is 0. The van der Waals surface area contributed by atoms with Crippen molar-refractivity contribution in [2.45, 2.75) is 13.8 Å². The van der Waals surface area contributed by atoms with Gasteiger partial charge in [0.2, 0.25) is 0 Å². The van der Waals surface area contributed by atoms with Crippen molar-refractivity contribution in [3.8, 4) is 5.75 Å². The topological polar surface area (TPSA) is 64.1 Å². The van der Waals surface area contributed by atoms with Gasteiger partial charge in [0.25, 0.3) is 0 Å². The smallest absolute Gasteiger partial charge is 0.316 e. The zero-order valence-corrected chi connectivity index (χ0v) is 16.0. The SMILES string of the molecule is Cc1cccc(N2CCN(C(=O)C(=O)N(C)c3ccc(O)cc3)CC2)c1C. The number of carbonyl (C=O) groups excluding carboxylic acids is 2. The van der Waals surface area contributed by atoms with Crippen LogP contribution in [0.1, 0.15) is 11.1 Å². The molecule has 1 aliphatic heterocycles. The minimum absolute atomic E-state index is 0.119. The molecule has 0 bridgehead atoms. The van der Waals surface area contributed by atoms with Crippen molar-refractivity contribution in [2.24, 2.45) is 0 Å². The Morgan fingerprint density at radius 2 is 1.59 bits per heavy atom. The summed E-state index contributed by atoms with van der Waals surface area (Å²) in [7, 11) is 1.57. The molecule has 1 aliphatic rings. The standard InChI is InChI=1S/C21H25N3O3/c1-15-5-4-6-19(16(15)2)23-11-13-24(14-12-23)21(27)20(26)22(3)17-7-9-18(25)10-8-17/h4-10,25H,11-14H2,1-3H3. The molecule has 1 N–H and O–H groups in total. The molecule has 0 aliphatic carbocycles. The predicted molar refractivity (Wildman–Crippen MR) is 106 cm³/mol. The van der Waals surface area contributed by atoms with Crippen LogP contribution in [0.25, 0.3) is 0 Å². The van der Waals surface area contributed by atoms with Crippen molar-refractivity contribution in [2.75, 3.05) is 43.0 Å². The highest BCUT2D eigenvalue weighted by atomic mass is 16.3. The number of benzene rings is 2. The summed E-state index contributed by atoms with van der Waals surface area (Å²) >= 11 is 0. The molecule has 6 nitrogen and oxygen atoms in total. The van der Waals surface area contributed by atoms with Gasteiger partial charge in [-0.1, -0.05) is 12.1 Å². The van der Waals surface area contributed by atoms with Crippen molar-refractivity contribution in [1.29, 1.82) is 0 Å². The second kappa shape index (κ2) is 7.70. The molecule has 1 saturated heterocycles. The lowest BCUT2D eigenvalue weighted by Crippen LogP contribution is -2.53. The maximum atomic E-state index is 12.6. The molecule has 142 valence electrons. The number of phenolic OH excluding ortho intramolecular Hbond substituents is 1. The number of anilines is 2. The second-order valence-corrected chi connectivity index (χ2v) is 6.88. The van der Waals surface area contributed by atoms with Crippen LogP contribution in [0.5, 0.6) is 5.75 Å². The molecule has 1 heterocycles. The number of rotatable bonds is 2. The van der Waals surface area contributed by atoms with Gasteiger partial charge in [-0.2, -0.15) is 0 Å². The average Bonchev–Trinajstić information content (AvgIpc) is 2.69. The van der Waals surface area contributed by atoms with Crippen LogP contribution in [-0.2, 0) is 9.59 Å². The molecule has 0 atom stereocenters. The number of phenols is 1. The Kier molecular flexibility index (Phi) is 5.35. The van der Waals surface area contributed by atoms with Crippen molar-refractivity contribution in [1.82, 2.24) is 4.90 Å². The highest BCUT2D eigenvalue weighted by Gasteiger charge is 2.29. The maximum Gasteiger partial charge on any atom is 0.316 e. The van der Waals surface area contributed by atoms with Gasteiger partial charge in [0.1, 0.15) is 5.75 Å². The highest BCUT2D eigenvalue weighted by molar-refractivity contribution is 6.40. The van der Waals surface area contributed by atoms with Crippen LogP contribution in [0.4, 0.5) is 11.4 Å². The fourth-order valence-corrected chi connectivity index (χ4v) is 3.30. The molecule has 0 saturated carbocycles. The summed E-state index contributed by atoms with van der Waals surface area (Å²) < 4.78 is 0. The van der Waals surface area contributed by atoms with Crippen LogP contribution >= 0.6 is 0 Å². The first kappa shape index (κ1) is 18.8. The van der Waals surface area contributed by atoms with Gasteiger partial charge in [0.05, 0.1) is 0 Å². The summed E-state index contributed by atoms with van der Waals surface area (Å²) in [6, 6.07) is 12.4. The Morgan fingerprint density at radius 1 is 0.963 bits per heavy atom. The summed E-state index contributed by atoms with van der Waals surface area (Å²) in [6.45, 7) is 6.63. The van der Waals surface area contributed by atoms with Crippen molar-refractivity contribution in [3.05, 3.63) is 53.6 Å². The van der Waals surface area contributed by atoms with E-state index in [0.717, 1.165) is 0 Å². The van der Waals surface area contributed by atoms with Crippen LogP contribution in [0.2, 0.25) is 0 Å². The molecule has 0 aromatic heterocycles. The minimum atomic E-state index is -0.569. The van der Waals surface area contributed by atoms with Gasteiger partial charge in [0.15, 0.2) is 0 Å². The van der Waals surface area contributed by atoms with E-state index in [1.54, 1.807) is 24.1 Å². The summed E-state index contributed by atoms with van der Waals surface area (Å²) in [5.41, 5.74) is 4.26. The number of nitrogens with zero attached hydrogens (tertiary/aromatic N) is 3. The van der Waals surface area contributed by atoms with Gasteiger partial charge in [-0.3, -0.25) is 9.59 Å². The lowest BCUT2D eigenvalue weighted by molar-refractivity contribution is -0.144. The minimum Gasteiger partial charge on any atom is -0.508 e. The third kappa shape index (κ3) is 3.89. The molecule has 0 radical (unpaired) electrons. The normalized spacial score (nSPS) is 14.2. The Balaban J connectivity index is 1.63. The van der Waals surface area contributed by atoms with E-state index in [9.17, 15) is 14.7 Å². The lowest BCUT2D eigenvalue weighted by atomic mass is 10.1. The summed E-state index contributed by atoms with van der Waals surface area (Å²) in [4.78, 5) is 30.3. The van der Waals surface area contributed by atoms with Crippen molar-refractivity contribution in [3.63, 3.8) is 0 Å². The molecular weight excluding hydrogens is 342 g/mol. The number of amides is 2. The van der Waals surface area contributed by atoms with E-state index in [0.29, 0.717) is 31.9 Å². The number of piperazine rings is 1. The highest BCUT2D eigenvalue weighted by Crippen LogP contribution is 2.24. The van der Waals surface area contributed by atoms with Crippen LogP contribution in [0.3, 0.4) is 0 Å². The fraction of sp³-hybridized carbons (Fsp3) is 0.333. The lowest BCUT2D eigenvalue weighted by Gasteiger charge is -2.37. The Labute approximate surface area is 159 Å². The monoisotopic (exact) mass is 367 g/mol. The van der Waals surface area contributed by atoms with Gasteiger partial charge in [-0.05, 0) is 55.3 Å². The molecule has 2 amide bonds. The molecule has 0 spiro atoms. The van der Waals surface area contributed by atoms with E-state index < -0.39 is 11.8 Å². The summed E-state index contributed by atoms with van der Waals surface area (Å²) in [5.74, 6) is -0.944. The van der Waals surface area contributed by atoms with Gasteiger partial charge in [-0.15, -0.1) is 0 Å². The van der Waals surface area contributed by atoms with E-state index in [1.807, 2.05) is 6.07 Å². The van der Waals surface area contributed by atoms with E-state index in [2.05, 4.69) is 30.9 Å². The van der Waals surface area contributed by atoms with Crippen molar-refractivity contribution < 1.29 is 14.7 Å². The zero-order chi connectivity index (χ0) is 19.6. The summed E-state index contributed by atoms with van der Waals surface area (Å²) in [5, 5.41) is 9.36. The molecule has 2 aromatic rings. The van der Waals surface area contributed by atoms with Crippen LogP contribution in [0.15, 0.2) is 42.5 Å². The van der Waals surface area contributed by atoms with Crippen LogP contribution < -0.4 is 9.80 Å². The number of carbonyl (C=O) groups is 2. The number of hydrogen-bond donors (Lipinski definition) is 1. The first-order valence-corrected chi connectivity index (χ1v) is 9.05. The largest absolute Gasteiger partial charge is 0.508 e. The molecule has 3 rings (SSSR count). The molecule has 27 heavy (non-hydrogen) atoms. The first-order chi connectivity index (χ1) is 12.9. The first-order valence-electron chi connectivity index (χ1n) is 9.05. The Bertz CT molecular complexity index is 840.